The minimum absolute atomic E-state index is 0.0619. The molecule has 2 heteroatoms. The predicted octanol–water partition coefficient (Wildman–Crippen LogP) is 1.72. The Morgan fingerprint density at radius 1 is 1.38 bits per heavy atom. The summed E-state index contributed by atoms with van der Waals surface area (Å²) in [6.45, 7) is 8.04. The highest BCUT2D eigenvalue weighted by molar-refractivity contribution is 5.11. The van der Waals surface area contributed by atoms with Gasteiger partial charge in [-0.15, -0.1) is 0 Å². The zero-order chi connectivity index (χ0) is 10.3. The maximum absolute atomic E-state index is 9.83. The van der Waals surface area contributed by atoms with Gasteiger partial charge in [0, 0.05) is 12.3 Å². The summed E-state index contributed by atoms with van der Waals surface area (Å²) in [7, 11) is 0. The van der Waals surface area contributed by atoms with E-state index in [0.717, 1.165) is 0 Å². The minimum atomic E-state index is -0.832. The van der Waals surface area contributed by atoms with Gasteiger partial charge >= 0.3 is 0 Å². The molecule has 0 aromatic carbocycles. The summed E-state index contributed by atoms with van der Waals surface area (Å²) < 4.78 is 0. The largest absolute Gasteiger partial charge is 0.392 e. The molecule has 0 aliphatic heterocycles. The minimum Gasteiger partial charge on any atom is -0.392 e. The Kier molecular flexibility index (Phi) is 2.56. The molecule has 0 aromatic rings. The van der Waals surface area contributed by atoms with Crippen LogP contribution in [0.15, 0.2) is 12.2 Å². The maximum Gasteiger partial charge on any atom is 0.0824 e. The molecule has 0 bridgehead atoms. The standard InChI is InChI=1S/C11H20O2/c1-10(2,3)8-5-6-11(4,13)7-9(8)12/h5-6,8-9,12-13H,7H2,1-4H3. The fourth-order valence-corrected chi connectivity index (χ4v) is 1.92. The van der Waals surface area contributed by atoms with Gasteiger partial charge in [0.2, 0.25) is 0 Å². The lowest BCUT2D eigenvalue weighted by atomic mass is 9.71. The molecule has 0 fully saturated rings. The third-order valence-electron chi connectivity index (χ3n) is 2.70. The molecular weight excluding hydrogens is 164 g/mol. The number of rotatable bonds is 0. The van der Waals surface area contributed by atoms with Crippen LogP contribution in [0.1, 0.15) is 34.1 Å². The summed E-state index contributed by atoms with van der Waals surface area (Å²) in [5, 5.41) is 19.5. The first-order valence-electron chi connectivity index (χ1n) is 4.82. The average Bonchev–Trinajstić information content (AvgIpc) is 1.80. The zero-order valence-electron chi connectivity index (χ0n) is 8.91. The molecule has 1 aliphatic rings. The van der Waals surface area contributed by atoms with Crippen molar-refractivity contribution in [3.63, 3.8) is 0 Å². The quantitative estimate of drug-likeness (QED) is 0.563. The van der Waals surface area contributed by atoms with E-state index in [-0.39, 0.29) is 11.3 Å². The fraction of sp³-hybridized carbons (Fsp3) is 0.818. The van der Waals surface area contributed by atoms with Crippen molar-refractivity contribution in [1.82, 2.24) is 0 Å². The van der Waals surface area contributed by atoms with Gasteiger partial charge in [-0.1, -0.05) is 32.9 Å². The SMILES string of the molecule is CC1(O)C=CC(C(C)(C)C)C(O)C1. The van der Waals surface area contributed by atoms with E-state index in [1.165, 1.54) is 0 Å². The number of aliphatic hydroxyl groups excluding tert-OH is 1. The van der Waals surface area contributed by atoms with Gasteiger partial charge in [0.15, 0.2) is 0 Å². The molecule has 3 atom stereocenters. The van der Waals surface area contributed by atoms with Crippen LogP contribution in [0.4, 0.5) is 0 Å². The van der Waals surface area contributed by atoms with Crippen molar-refractivity contribution < 1.29 is 10.2 Å². The highest BCUT2D eigenvalue weighted by Crippen LogP contribution is 2.36. The van der Waals surface area contributed by atoms with Crippen LogP contribution in [-0.2, 0) is 0 Å². The third kappa shape index (κ3) is 2.55. The summed E-state index contributed by atoms with van der Waals surface area (Å²) in [5.74, 6) is 0.146. The van der Waals surface area contributed by atoms with Crippen molar-refractivity contribution in [3.8, 4) is 0 Å². The molecule has 1 rings (SSSR count). The van der Waals surface area contributed by atoms with Crippen LogP contribution in [0.2, 0.25) is 0 Å². The molecule has 76 valence electrons. The molecule has 0 heterocycles. The van der Waals surface area contributed by atoms with Crippen LogP contribution in [0, 0.1) is 11.3 Å². The molecule has 0 amide bonds. The second-order valence-corrected chi connectivity index (χ2v) is 5.38. The van der Waals surface area contributed by atoms with Gasteiger partial charge in [-0.05, 0) is 12.3 Å². The van der Waals surface area contributed by atoms with Crippen LogP contribution in [-0.4, -0.2) is 21.9 Å². The summed E-state index contributed by atoms with van der Waals surface area (Å²) in [6, 6.07) is 0. The second kappa shape index (κ2) is 3.10. The monoisotopic (exact) mass is 184 g/mol. The Balaban J connectivity index is 2.83. The van der Waals surface area contributed by atoms with E-state index in [1.54, 1.807) is 13.0 Å². The molecule has 0 saturated carbocycles. The van der Waals surface area contributed by atoms with Crippen LogP contribution < -0.4 is 0 Å². The number of aliphatic hydroxyl groups is 2. The zero-order valence-corrected chi connectivity index (χ0v) is 8.91. The average molecular weight is 184 g/mol. The van der Waals surface area contributed by atoms with Crippen molar-refractivity contribution in [2.75, 3.05) is 0 Å². The first-order valence-corrected chi connectivity index (χ1v) is 4.82. The molecular formula is C11H20O2. The Morgan fingerprint density at radius 2 is 1.92 bits per heavy atom. The summed E-state index contributed by atoms with van der Waals surface area (Å²) in [6.07, 6.45) is 3.75. The summed E-state index contributed by atoms with van der Waals surface area (Å²) in [5.41, 5.74) is -0.770. The van der Waals surface area contributed by atoms with E-state index in [9.17, 15) is 10.2 Å². The maximum atomic E-state index is 9.83. The molecule has 0 radical (unpaired) electrons. The Morgan fingerprint density at radius 3 is 2.31 bits per heavy atom. The highest BCUT2D eigenvalue weighted by atomic mass is 16.3. The number of hydrogen-bond donors (Lipinski definition) is 2. The Hall–Kier alpha value is -0.340. The van der Waals surface area contributed by atoms with Crippen molar-refractivity contribution in [3.05, 3.63) is 12.2 Å². The third-order valence-corrected chi connectivity index (χ3v) is 2.70. The molecule has 2 N–H and O–H groups in total. The lowest BCUT2D eigenvalue weighted by Gasteiger charge is -2.38. The molecule has 0 aromatic heterocycles. The molecule has 13 heavy (non-hydrogen) atoms. The van der Waals surface area contributed by atoms with E-state index < -0.39 is 11.7 Å². The molecule has 0 spiro atoms. The normalized spacial score (nSPS) is 40.8. The molecule has 1 aliphatic carbocycles. The van der Waals surface area contributed by atoms with Gasteiger partial charge in [-0.2, -0.15) is 0 Å². The second-order valence-electron chi connectivity index (χ2n) is 5.38. The molecule has 0 saturated heterocycles. The van der Waals surface area contributed by atoms with Crippen molar-refractivity contribution in [2.24, 2.45) is 11.3 Å². The van der Waals surface area contributed by atoms with Gasteiger partial charge < -0.3 is 10.2 Å². The van der Waals surface area contributed by atoms with E-state index in [4.69, 9.17) is 0 Å². The van der Waals surface area contributed by atoms with Gasteiger partial charge in [0.25, 0.3) is 0 Å². The van der Waals surface area contributed by atoms with Gasteiger partial charge in [-0.25, -0.2) is 0 Å². The molecule has 3 unspecified atom stereocenters. The van der Waals surface area contributed by atoms with E-state index in [0.29, 0.717) is 6.42 Å². The van der Waals surface area contributed by atoms with Crippen molar-refractivity contribution in [2.45, 2.75) is 45.8 Å². The highest BCUT2D eigenvalue weighted by Gasteiger charge is 2.36. The number of hydrogen-bond acceptors (Lipinski definition) is 2. The van der Waals surface area contributed by atoms with Crippen LogP contribution >= 0.6 is 0 Å². The smallest absolute Gasteiger partial charge is 0.0824 e. The Labute approximate surface area is 80.3 Å². The van der Waals surface area contributed by atoms with Gasteiger partial charge in [0.1, 0.15) is 0 Å². The lowest BCUT2D eigenvalue weighted by Crippen LogP contribution is -2.40. The first kappa shape index (κ1) is 10.7. The van der Waals surface area contributed by atoms with Crippen LogP contribution in [0.3, 0.4) is 0 Å². The molecule has 2 nitrogen and oxygen atoms in total. The van der Waals surface area contributed by atoms with Gasteiger partial charge in [-0.3, -0.25) is 0 Å². The van der Waals surface area contributed by atoms with E-state index in [2.05, 4.69) is 20.8 Å². The predicted molar refractivity (Wildman–Crippen MR) is 53.3 cm³/mol. The topological polar surface area (TPSA) is 40.5 Å². The summed E-state index contributed by atoms with van der Waals surface area (Å²) >= 11 is 0. The fourth-order valence-electron chi connectivity index (χ4n) is 1.92. The first-order chi connectivity index (χ1) is 5.72. The van der Waals surface area contributed by atoms with E-state index >= 15 is 0 Å². The Bertz CT molecular complexity index is 211. The summed E-state index contributed by atoms with van der Waals surface area (Å²) in [4.78, 5) is 0. The van der Waals surface area contributed by atoms with Crippen molar-refractivity contribution in [1.29, 1.82) is 0 Å². The van der Waals surface area contributed by atoms with Crippen molar-refractivity contribution >= 4 is 0 Å². The van der Waals surface area contributed by atoms with E-state index in [1.807, 2.05) is 6.08 Å². The lowest BCUT2D eigenvalue weighted by molar-refractivity contribution is -0.0133. The van der Waals surface area contributed by atoms with Crippen LogP contribution in [0.25, 0.3) is 0 Å². The van der Waals surface area contributed by atoms with Gasteiger partial charge in [0.05, 0.1) is 11.7 Å². The van der Waals surface area contributed by atoms with Crippen LogP contribution in [0.5, 0.6) is 0 Å².